The second kappa shape index (κ2) is 20.4. The summed E-state index contributed by atoms with van der Waals surface area (Å²) >= 11 is 0. The highest BCUT2D eigenvalue weighted by molar-refractivity contribution is 5.86. The van der Waals surface area contributed by atoms with E-state index in [4.69, 9.17) is 9.47 Å². The fourth-order valence-corrected chi connectivity index (χ4v) is 5.01. The monoisotopic (exact) mass is 626 g/mol. The highest BCUT2D eigenvalue weighted by Gasteiger charge is 2.23. The average Bonchev–Trinajstić information content (AvgIpc) is 3.08. The lowest BCUT2D eigenvalue weighted by molar-refractivity contribution is -0.149. The van der Waals surface area contributed by atoms with Gasteiger partial charge in [-0.3, -0.25) is 14.4 Å². The molecule has 0 radical (unpaired) electrons. The number of aliphatic hydroxyl groups excluding tert-OH is 1. The van der Waals surface area contributed by atoms with E-state index in [1.54, 1.807) is 12.2 Å². The molecule has 244 valence electrons. The van der Waals surface area contributed by atoms with Gasteiger partial charge < -0.3 is 25.2 Å². The number of ether oxygens (including phenoxy) is 2. The van der Waals surface area contributed by atoms with Crippen LogP contribution < -0.4 is 15.4 Å². The molecule has 0 bridgehead atoms. The molecular formula is C38H46N2O6. The molecule has 0 heterocycles. The molecule has 0 aromatic heterocycles. The number of benzene rings is 3. The Balaban J connectivity index is 1.42. The van der Waals surface area contributed by atoms with E-state index < -0.39 is 12.0 Å². The van der Waals surface area contributed by atoms with Crippen molar-refractivity contribution < 1.29 is 29.0 Å². The van der Waals surface area contributed by atoms with Crippen LogP contribution in [0.2, 0.25) is 0 Å². The lowest BCUT2D eigenvalue weighted by Gasteiger charge is -2.20. The number of aliphatic hydroxyl groups is 1. The summed E-state index contributed by atoms with van der Waals surface area (Å²) in [6, 6.07) is 26.7. The molecule has 0 unspecified atom stereocenters. The molecule has 3 N–H and O–H groups in total. The fourth-order valence-electron chi connectivity index (χ4n) is 5.01. The Hall–Kier alpha value is -4.69. The van der Waals surface area contributed by atoms with Gasteiger partial charge in [-0.1, -0.05) is 84.9 Å². The molecule has 0 fully saturated rings. The van der Waals surface area contributed by atoms with E-state index in [0.29, 0.717) is 38.7 Å². The Morgan fingerprint density at radius 1 is 0.804 bits per heavy atom. The molecule has 0 spiro atoms. The minimum Gasteiger partial charge on any atom is -0.489 e. The van der Waals surface area contributed by atoms with Crippen LogP contribution in [0, 0.1) is 11.8 Å². The normalized spacial score (nSPS) is 12.6. The second-order valence-electron chi connectivity index (χ2n) is 11.2. The molecule has 3 rings (SSSR count). The number of esters is 1. The summed E-state index contributed by atoms with van der Waals surface area (Å²) in [6.07, 6.45) is 5.92. The number of nitrogens with one attached hydrogen (secondary N) is 2. The van der Waals surface area contributed by atoms with Crippen molar-refractivity contribution in [2.45, 2.75) is 51.2 Å². The molecular weight excluding hydrogens is 580 g/mol. The predicted octanol–water partition coefficient (Wildman–Crippen LogP) is 5.35. The van der Waals surface area contributed by atoms with Crippen LogP contribution >= 0.6 is 0 Å². The van der Waals surface area contributed by atoms with Gasteiger partial charge in [0.1, 0.15) is 19.0 Å². The van der Waals surface area contributed by atoms with Crippen molar-refractivity contribution in [1.82, 2.24) is 10.6 Å². The van der Waals surface area contributed by atoms with Crippen LogP contribution in [0.4, 0.5) is 0 Å². The van der Waals surface area contributed by atoms with Gasteiger partial charge in [0.2, 0.25) is 11.8 Å². The van der Waals surface area contributed by atoms with Crippen molar-refractivity contribution in [3.8, 4) is 5.75 Å². The third kappa shape index (κ3) is 13.1. The Morgan fingerprint density at radius 3 is 2.09 bits per heavy atom. The first-order chi connectivity index (χ1) is 22.4. The van der Waals surface area contributed by atoms with Crippen LogP contribution in [0.3, 0.4) is 0 Å². The zero-order chi connectivity index (χ0) is 33.0. The van der Waals surface area contributed by atoms with E-state index in [1.165, 1.54) is 0 Å². The van der Waals surface area contributed by atoms with Crippen LogP contribution in [0.1, 0.15) is 42.4 Å². The topological polar surface area (TPSA) is 114 Å². The molecule has 3 aromatic rings. The number of rotatable bonds is 21. The highest BCUT2D eigenvalue weighted by atomic mass is 16.5. The number of carbonyl (C=O) groups excluding carboxylic acids is 3. The molecule has 46 heavy (non-hydrogen) atoms. The van der Waals surface area contributed by atoms with Crippen molar-refractivity contribution in [2.24, 2.45) is 11.8 Å². The van der Waals surface area contributed by atoms with E-state index in [-0.39, 0.29) is 49.9 Å². The van der Waals surface area contributed by atoms with Crippen LogP contribution in [0.15, 0.2) is 110 Å². The first-order valence-corrected chi connectivity index (χ1v) is 15.8. The summed E-state index contributed by atoms with van der Waals surface area (Å²) in [4.78, 5) is 38.5. The minimum atomic E-state index is -0.646. The Labute approximate surface area is 272 Å². The highest BCUT2D eigenvalue weighted by Crippen LogP contribution is 2.18. The minimum absolute atomic E-state index is 0.0274. The van der Waals surface area contributed by atoms with Crippen molar-refractivity contribution >= 4 is 17.8 Å². The van der Waals surface area contributed by atoms with E-state index in [9.17, 15) is 19.5 Å². The summed E-state index contributed by atoms with van der Waals surface area (Å²) in [7, 11) is 0. The average molecular weight is 627 g/mol. The van der Waals surface area contributed by atoms with Crippen molar-refractivity contribution in [3.05, 3.63) is 127 Å². The summed E-state index contributed by atoms with van der Waals surface area (Å²) in [6.45, 7) is 7.84. The smallest absolute Gasteiger partial charge is 0.309 e. The van der Waals surface area contributed by atoms with Gasteiger partial charge >= 0.3 is 5.97 Å². The van der Waals surface area contributed by atoms with E-state index in [2.05, 4.69) is 23.8 Å². The lowest BCUT2D eigenvalue weighted by Crippen LogP contribution is -2.42. The number of hydrogen-bond acceptors (Lipinski definition) is 6. The molecule has 0 saturated heterocycles. The first-order valence-electron chi connectivity index (χ1n) is 15.8. The van der Waals surface area contributed by atoms with E-state index >= 15 is 0 Å². The van der Waals surface area contributed by atoms with E-state index in [0.717, 1.165) is 22.4 Å². The molecule has 0 saturated carbocycles. The first kappa shape index (κ1) is 35.8. The maximum atomic E-state index is 12.9. The summed E-state index contributed by atoms with van der Waals surface area (Å²) < 4.78 is 11.3. The Kier molecular flexibility index (Phi) is 15.8. The number of hydrogen-bond donors (Lipinski definition) is 3. The summed E-state index contributed by atoms with van der Waals surface area (Å²) in [5.41, 5.74) is 3.05. The van der Waals surface area contributed by atoms with Gasteiger partial charge in [-0.2, -0.15) is 0 Å². The molecule has 8 heteroatoms. The zero-order valence-electron chi connectivity index (χ0n) is 26.4. The molecule has 3 atom stereocenters. The van der Waals surface area contributed by atoms with Gasteiger partial charge in [0.15, 0.2) is 0 Å². The number of carbonyl (C=O) groups is 3. The van der Waals surface area contributed by atoms with Crippen molar-refractivity contribution in [2.75, 3.05) is 19.8 Å². The maximum absolute atomic E-state index is 12.9. The van der Waals surface area contributed by atoms with Crippen LogP contribution in [-0.2, 0) is 38.6 Å². The zero-order valence-corrected chi connectivity index (χ0v) is 26.4. The summed E-state index contributed by atoms with van der Waals surface area (Å²) in [5, 5.41) is 15.5. The largest absolute Gasteiger partial charge is 0.489 e. The van der Waals surface area contributed by atoms with Crippen LogP contribution in [0.5, 0.6) is 5.75 Å². The fraction of sp³-hybridized carbons (Fsp3) is 0.342. The van der Waals surface area contributed by atoms with Crippen LogP contribution in [0.25, 0.3) is 0 Å². The Morgan fingerprint density at radius 2 is 1.46 bits per heavy atom. The molecule has 0 aliphatic rings. The SMILES string of the molecule is C=CCC[C@H](Cc1ccccc1)C(=O)OCCNC(=O)[C@H](CC=C)CC(=O)N[C@H](CO)Cc1ccc(OCc2ccccc2)cc1. The van der Waals surface area contributed by atoms with E-state index in [1.807, 2.05) is 84.9 Å². The third-order valence-corrected chi connectivity index (χ3v) is 7.52. The summed E-state index contributed by atoms with van der Waals surface area (Å²) in [5.74, 6) is -1.21. The molecule has 3 aromatic carbocycles. The molecule has 8 nitrogen and oxygen atoms in total. The second-order valence-corrected chi connectivity index (χ2v) is 11.2. The lowest BCUT2D eigenvalue weighted by atomic mass is 9.95. The van der Waals surface area contributed by atoms with Gasteiger partial charge in [0, 0.05) is 6.42 Å². The molecule has 2 amide bonds. The van der Waals surface area contributed by atoms with Gasteiger partial charge in [0.05, 0.1) is 31.0 Å². The van der Waals surface area contributed by atoms with Crippen molar-refractivity contribution in [3.63, 3.8) is 0 Å². The van der Waals surface area contributed by atoms with Gasteiger partial charge in [-0.15, -0.1) is 13.2 Å². The third-order valence-electron chi connectivity index (χ3n) is 7.52. The maximum Gasteiger partial charge on any atom is 0.309 e. The van der Waals surface area contributed by atoms with Crippen LogP contribution in [-0.4, -0.2) is 48.7 Å². The van der Waals surface area contributed by atoms with Gasteiger partial charge in [-0.25, -0.2) is 0 Å². The van der Waals surface area contributed by atoms with Gasteiger partial charge in [0.25, 0.3) is 0 Å². The van der Waals surface area contributed by atoms with Gasteiger partial charge in [-0.05, 0) is 60.9 Å². The predicted molar refractivity (Wildman–Crippen MR) is 180 cm³/mol. The number of allylic oxidation sites excluding steroid dienone is 2. The molecule has 0 aliphatic carbocycles. The Bertz CT molecular complexity index is 1360. The molecule has 0 aliphatic heterocycles. The quantitative estimate of drug-likeness (QED) is 0.0835. The van der Waals surface area contributed by atoms with Crippen molar-refractivity contribution in [1.29, 1.82) is 0 Å². The standard InChI is InChI=1S/C38H46N2O6/c1-3-5-17-33(24-29-13-8-6-9-14-29)38(44)45-23-22-39-37(43)32(12-4-2)26-36(42)40-34(27-41)25-30-18-20-35(21-19-30)46-28-31-15-10-7-11-16-31/h3-4,6-11,13-16,18-21,32-34,41H,1-2,5,12,17,22-28H2,(H,39,43)(H,40,42)/t32-,33-,34+/m1/s1. The number of amides is 2.